The number of alkyl halides is 2. The van der Waals surface area contributed by atoms with Gasteiger partial charge in [-0.2, -0.15) is 0 Å². The molecule has 0 aliphatic rings. The molecule has 0 spiro atoms. The fourth-order valence-electron chi connectivity index (χ4n) is 0.703. The van der Waals surface area contributed by atoms with Gasteiger partial charge in [0.05, 0.1) is 0 Å². The van der Waals surface area contributed by atoms with Crippen LogP contribution in [0.4, 0.5) is 0 Å². The number of aliphatic hydroxyl groups excluding tert-OH is 1. The molecule has 0 saturated heterocycles. The summed E-state index contributed by atoms with van der Waals surface area (Å²) in [5.41, 5.74) is 0.00887. The van der Waals surface area contributed by atoms with Crippen molar-refractivity contribution >= 4 is 31.9 Å². The molecule has 0 aromatic carbocycles. The van der Waals surface area contributed by atoms with E-state index in [1.165, 1.54) is 0 Å². The molecular formula is C7H14Br2O2. The summed E-state index contributed by atoms with van der Waals surface area (Å²) in [6.07, 6.45) is -0.275. The summed E-state index contributed by atoms with van der Waals surface area (Å²) in [5.74, 6) is 0. The number of rotatable bonds is 2. The van der Waals surface area contributed by atoms with Gasteiger partial charge in [-0.15, -0.1) is 0 Å². The van der Waals surface area contributed by atoms with Crippen molar-refractivity contribution in [3.05, 3.63) is 0 Å². The molecule has 1 atom stereocenters. The van der Waals surface area contributed by atoms with Crippen LogP contribution in [0.5, 0.6) is 0 Å². The van der Waals surface area contributed by atoms with Crippen molar-refractivity contribution in [2.24, 2.45) is 5.41 Å². The standard InChI is InChI=1S/C7H14Br2O2/c1-6(2,3)4-5(10)7(8,9)11/h5,10-11H,4H2,1-3H3. The van der Waals surface area contributed by atoms with E-state index in [-0.39, 0.29) is 5.41 Å². The molecule has 0 saturated carbocycles. The Morgan fingerprint density at radius 1 is 1.27 bits per heavy atom. The normalized spacial score (nSPS) is 16.6. The zero-order valence-corrected chi connectivity index (χ0v) is 10.1. The van der Waals surface area contributed by atoms with Crippen molar-refractivity contribution in [3.63, 3.8) is 0 Å². The number of aliphatic hydroxyl groups is 2. The third-order valence-corrected chi connectivity index (χ3v) is 2.26. The largest absolute Gasteiger partial charge is 0.388 e. The molecule has 4 heteroatoms. The zero-order chi connectivity index (χ0) is 9.28. The lowest BCUT2D eigenvalue weighted by Gasteiger charge is -2.27. The molecule has 0 aromatic heterocycles. The zero-order valence-electron chi connectivity index (χ0n) is 6.93. The predicted octanol–water partition coefficient (Wildman–Crippen LogP) is 2.22. The van der Waals surface area contributed by atoms with Crippen LogP contribution in [0, 0.1) is 5.41 Å². The number of hydrogen-bond donors (Lipinski definition) is 2. The molecule has 2 nitrogen and oxygen atoms in total. The second-order valence-corrected chi connectivity index (χ2v) is 7.35. The molecule has 2 N–H and O–H groups in total. The second-order valence-electron chi connectivity index (χ2n) is 3.87. The maximum atomic E-state index is 9.38. The molecule has 0 heterocycles. The number of hydrogen-bond acceptors (Lipinski definition) is 2. The Labute approximate surface area is 84.3 Å². The Bertz CT molecular complexity index is 123. The topological polar surface area (TPSA) is 40.5 Å². The smallest absolute Gasteiger partial charge is 0.201 e. The lowest BCUT2D eigenvalue weighted by molar-refractivity contribution is 0.0321. The Balaban J connectivity index is 3.99. The van der Waals surface area contributed by atoms with Gasteiger partial charge >= 0.3 is 0 Å². The van der Waals surface area contributed by atoms with Gasteiger partial charge in [-0.25, -0.2) is 0 Å². The minimum atomic E-state index is -1.35. The summed E-state index contributed by atoms with van der Waals surface area (Å²) in [6.45, 7) is 6.01. The maximum Gasteiger partial charge on any atom is 0.201 e. The first-order chi connectivity index (χ1) is 4.63. The van der Waals surface area contributed by atoms with Crippen LogP contribution in [-0.2, 0) is 0 Å². The van der Waals surface area contributed by atoms with Crippen LogP contribution >= 0.6 is 31.9 Å². The minimum Gasteiger partial charge on any atom is -0.388 e. The van der Waals surface area contributed by atoms with Crippen molar-refractivity contribution in [2.75, 3.05) is 0 Å². The lowest BCUT2D eigenvalue weighted by atomic mass is 9.89. The van der Waals surface area contributed by atoms with E-state index in [1.807, 2.05) is 20.8 Å². The molecule has 0 bridgehead atoms. The first-order valence-corrected chi connectivity index (χ1v) is 5.00. The van der Waals surface area contributed by atoms with Crippen molar-refractivity contribution in [1.82, 2.24) is 0 Å². The summed E-state index contributed by atoms with van der Waals surface area (Å²) in [4.78, 5) is 0. The summed E-state index contributed by atoms with van der Waals surface area (Å²) in [6, 6.07) is 0. The number of halogens is 2. The van der Waals surface area contributed by atoms with Gasteiger partial charge in [0.15, 0.2) is 0 Å². The average molecular weight is 290 g/mol. The lowest BCUT2D eigenvalue weighted by Crippen LogP contribution is -2.33. The molecule has 0 aliphatic heterocycles. The Morgan fingerprint density at radius 3 is 1.73 bits per heavy atom. The molecule has 1 unspecified atom stereocenters. The second kappa shape index (κ2) is 3.73. The van der Waals surface area contributed by atoms with Crippen LogP contribution in [0.3, 0.4) is 0 Å². The Kier molecular flexibility index (Phi) is 4.03. The molecule has 0 rings (SSSR count). The summed E-state index contributed by atoms with van der Waals surface area (Å²) < 4.78 is -1.35. The van der Waals surface area contributed by atoms with Gasteiger partial charge < -0.3 is 10.2 Å². The molecule has 0 aromatic rings. The highest BCUT2D eigenvalue weighted by Crippen LogP contribution is 2.33. The van der Waals surface area contributed by atoms with Gasteiger partial charge in [-0.05, 0) is 43.7 Å². The molecular weight excluding hydrogens is 276 g/mol. The average Bonchev–Trinajstić information content (AvgIpc) is 1.56. The fraction of sp³-hybridized carbons (Fsp3) is 1.00. The van der Waals surface area contributed by atoms with E-state index in [0.717, 1.165) is 0 Å². The van der Waals surface area contributed by atoms with Gasteiger partial charge in [0.2, 0.25) is 3.42 Å². The highest BCUT2D eigenvalue weighted by Gasteiger charge is 2.32. The molecule has 11 heavy (non-hydrogen) atoms. The molecule has 0 fully saturated rings. The first-order valence-electron chi connectivity index (χ1n) is 3.41. The molecule has 0 aliphatic carbocycles. The van der Waals surface area contributed by atoms with E-state index in [9.17, 15) is 10.2 Å². The van der Waals surface area contributed by atoms with E-state index in [2.05, 4.69) is 31.9 Å². The van der Waals surface area contributed by atoms with Crippen LogP contribution < -0.4 is 0 Å². The maximum absolute atomic E-state index is 9.38. The van der Waals surface area contributed by atoms with Crippen LogP contribution in [0.2, 0.25) is 0 Å². The highest BCUT2D eigenvalue weighted by atomic mass is 79.9. The van der Waals surface area contributed by atoms with Crippen LogP contribution in [0.1, 0.15) is 27.2 Å². The van der Waals surface area contributed by atoms with Crippen LogP contribution in [-0.4, -0.2) is 19.7 Å². The summed E-state index contributed by atoms with van der Waals surface area (Å²) in [7, 11) is 0. The van der Waals surface area contributed by atoms with Gasteiger partial charge in [-0.1, -0.05) is 20.8 Å². The Hall–Kier alpha value is 0.880. The van der Waals surface area contributed by atoms with Gasteiger partial charge in [0, 0.05) is 0 Å². The van der Waals surface area contributed by atoms with Crippen LogP contribution in [0.25, 0.3) is 0 Å². The van der Waals surface area contributed by atoms with E-state index < -0.39 is 9.52 Å². The van der Waals surface area contributed by atoms with E-state index in [1.54, 1.807) is 0 Å². The van der Waals surface area contributed by atoms with E-state index in [0.29, 0.717) is 6.42 Å². The molecule has 68 valence electrons. The summed E-state index contributed by atoms with van der Waals surface area (Å²) >= 11 is 5.84. The van der Waals surface area contributed by atoms with Crippen molar-refractivity contribution < 1.29 is 10.2 Å². The van der Waals surface area contributed by atoms with Crippen molar-refractivity contribution in [1.29, 1.82) is 0 Å². The third-order valence-electron chi connectivity index (χ3n) is 1.21. The minimum absolute atomic E-state index is 0.00887. The monoisotopic (exact) mass is 288 g/mol. The SMILES string of the molecule is CC(C)(C)CC(O)C(O)(Br)Br. The Morgan fingerprint density at radius 2 is 1.64 bits per heavy atom. The highest BCUT2D eigenvalue weighted by molar-refractivity contribution is 9.25. The third kappa shape index (κ3) is 6.08. The quantitative estimate of drug-likeness (QED) is 0.766. The summed E-state index contributed by atoms with van der Waals surface area (Å²) in [5, 5.41) is 18.6. The van der Waals surface area contributed by atoms with Crippen molar-refractivity contribution in [2.45, 2.75) is 36.7 Å². The first kappa shape index (κ1) is 11.9. The van der Waals surface area contributed by atoms with Gasteiger partial charge in [0.1, 0.15) is 6.10 Å². The fourth-order valence-corrected chi connectivity index (χ4v) is 1.03. The van der Waals surface area contributed by atoms with Gasteiger partial charge in [-0.3, -0.25) is 0 Å². The van der Waals surface area contributed by atoms with E-state index >= 15 is 0 Å². The molecule has 0 radical (unpaired) electrons. The van der Waals surface area contributed by atoms with Crippen molar-refractivity contribution in [3.8, 4) is 0 Å². The predicted molar refractivity (Wildman–Crippen MR) is 52.9 cm³/mol. The van der Waals surface area contributed by atoms with Crippen LogP contribution in [0.15, 0.2) is 0 Å². The molecule has 0 amide bonds. The van der Waals surface area contributed by atoms with Gasteiger partial charge in [0.25, 0.3) is 0 Å². The van der Waals surface area contributed by atoms with E-state index in [4.69, 9.17) is 0 Å².